The zero-order valence-electron chi connectivity index (χ0n) is 12.7. The van der Waals surface area contributed by atoms with E-state index < -0.39 is 0 Å². The Bertz CT molecular complexity index is 922. The van der Waals surface area contributed by atoms with E-state index >= 15 is 0 Å². The first-order valence-electron chi connectivity index (χ1n) is 7.29. The average Bonchev–Trinajstić information content (AvgIpc) is 2.64. The number of nitrogens with zero attached hydrogens (tertiary/aromatic N) is 3. The molecule has 0 unspecified atom stereocenters. The molecule has 0 atom stereocenters. The summed E-state index contributed by atoms with van der Waals surface area (Å²) in [5, 5.41) is 25.2. The third kappa shape index (κ3) is 3.16. The summed E-state index contributed by atoms with van der Waals surface area (Å²) in [7, 11) is 0. The first-order valence-corrected chi connectivity index (χ1v) is 7.29. The lowest BCUT2D eigenvalue weighted by molar-refractivity contribution is 1.26. The van der Waals surface area contributed by atoms with Crippen LogP contribution in [0, 0.1) is 22.7 Å². The largest absolute Gasteiger partial charge is 0.353 e. The second kappa shape index (κ2) is 6.95. The van der Waals surface area contributed by atoms with Gasteiger partial charge in [-0.15, -0.1) is 0 Å². The van der Waals surface area contributed by atoms with Gasteiger partial charge in [-0.05, 0) is 24.3 Å². The van der Waals surface area contributed by atoms with Gasteiger partial charge in [-0.25, -0.2) is 4.98 Å². The van der Waals surface area contributed by atoms with E-state index in [1.807, 2.05) is 60.7 Å². The monoisotopic (exact) mass is 311 g/mol. The number of pyridine rings is 1. The Labute approximate surface area is 139 Å². The smallest absolute Gasteiger partial charge is 0.150 e. The van der Waals surface area contributed by atoms with Crippen LogP contribution in [0.3, 0.4) is 0 Å². The molecule has 5 nitrogen and oxygen atoms in total. The molecule has 0 aliphatic carbocycles. The Morgan fingerprint density at radius 2 is 1.33 bits per heavy atom. The highest BCUT2D eigenvalue weighted by Crippen LogP contribution is 2.30. The maximum absolute atomic E-state index is 9.60. The molecular weight excluding hydrogens is 298 g/mol. The van der Waals surface area contributed by atoms with Crippen LogP contribution in [0.4, 0.5) is 22.9 Å². The Hall–Kier alpha value is -3.83. The molecule has 0 saturated carbocycles. The van der Waals surface area contributed by atoms with Crippen LogP contribution in [-0.4, -0.2) is 4.98 Å². The second-order valence-electron chi connectivity index (χ2n) is 4.98. The van der Waals surface area contributed by atoms with Crippen molar-refractivity contribution in [2.45, 2.75) is 0 Å². The Kier molecular flexibility index (Phi) is 4.37. The molecule has 3 rings (SSSR count). The van der Waals surface area contributed by atoms with Crippen molar-refractivity contribution in [2.24, 2.45) is 0 Å². The molecule has 2 aromatic carbocycles. The van der Waals surface area contributed by atoms with E-state index in [4.69, 9.17) is 0 Å². The topological polar surface area (TPSA) is 84.5 Å². The second-order valence-corrected chi connectivity index (χ2v) is 4.98. The van der Waals surface area contributed by atoms with E-state index in [9.17, 15) is 10.5 Å². The molecule has 114 valence electrons. The lowest BCUT2D eigenvalue weighted by Crippen LogP contribution is -2.03. The van der Waals surface area contributed by atoms with Crippen LogP contribution in [-0.2, 0) is 0 Å². The third-order valence-corrected chi connectivity index (χ3v) is 3.39. The Morgan fingerprint density at radius 3 is 1.88 bits per heavy atom. The van der Waals surface area contributed by atoms with Crippen LogP contribution in [0.1, 0.15) is 11.1 Å². The lowest BCUT2D eigenvalue weighted by atomic mass is 10.1. The maximum Gasteiger partial charge on any atom is 0.150 e. The normalized spacial score (nSPS) is 9.58. The predicted molar refractivity (Wildman–Crippen MR) is 93.1 cm³/mol. The fourth-order valence-corrected chi connectivity index (χ4v) is 2.25. The van der Waals surface area contributed by atoms with Crippen molar-refractivity contribution >= 4 is 22.9 Å². The van der Waals surface area contributed by atoms with E-state index in [0.717, 1.165) is 11.4 Å². The van der Waals surface area contributed by atoms with Gasteiger partial charge in [0.1, 0.15) is 17.7 Å². The summed E-state index contributed by atoms with van der Waals surface area (Å²) in [6.45, 7) is 0. The number of aromatic nitrogens is 1. The Balaban J connectivity index is 2.04. The van der Waals surface area contributed by atoms with Crippen molar-refractivity contribution in [1.82, 2.24) is 4.98 Å². The third-order valence-electron chi connectivity index (χ3n) is 3.39. The van der Waals surface area contributed by atoms with E-state index in [1.54, 1.807) is 0 Å². The van der Waals surface area contributed by atoms with Gasteiger partial charge in [-0.1, -0.05) is 36.4 Å². The summed E-state index contributed by atoms with van der Waals surface area (Å²) in [5.74, 6) is 0.404. The van der Waals surface area contributed by atoms with E-state index in [-0.39, 0.29) is 0 Å². The highest BCUT2D eigenvalue weighted by Gasteiger charge is 2.15. The zero-order valence-corrected chi connectivity index (χ0v) is 12.7. The molecule has 0 aliphatic heterocycles. The predicted octanol–water partition coefficient (Wildman–Crippen LogP) is 4.31. The molecular formula is C19H13N5. The summed E-state index contributed by atoms with van der Waals surface area (Å²) in [4.78, 5) is 4.22. The minimum atomic E-state index is 0.293. The van der Waals surface area contributed by atoms with Gasteiger partial charge in [0.15, 0.2) is 5.82 Å². The molecule has 1 aromatic heterocycles. The van der Waals surface area contributed by atoms with Gasteiger partial charge in [0.2, 0.25) is 0 Å². The van der Waals surface area contributed by atoms with Gasteiger partial charge in [0.25, 0.3) is 0 Å². The first-order chi connectivity index (χ1) is 11.8. The van der Waals surface area contributed by atoms with Gasteiger partial charge >= 0.3 is 0 Å². The van der Waals surface area contributed by atoms with Gasteiger partial charge in [-0.2, -0.15) is 10.5 Å². The molecule has 0 fully saturated rings. The summed E-state index contributed by atoms with van der Waals surface area (Å²) < 4.78 is 0. The molecule has 2 N–H and O–H groups in total. The average molecular weight is 311 g/mol. The van der Waals surface area contributed by atoms with Crippen LogP contribution in [0.2, 0.25) is 0 Å². The van der Waals surface area contributed by atoms with Gasteiger partial charge < -0.3 is 10.6 Å². The minimum absolute atomic E-state index is 0.293. The lowest BCUT2D eigenvalue weighted by Gasteiger charge is -2.14. The SMILES string of the molecule is N#Cc1cnc(Nc2ccccc2)c(C#N)c1Nc1ccccc1. The minimum Gasteiger partial charge on any atom is -0.353 e. The highest BCUT2D eigenvalue weighted by molar-refractivity contribution is 5.79. The van der Waals surface area contributed by atoms with Gasteiger partial charge in [-0.3, -0.25) is 0 Å². The highest BCUT2D eigenvalue weighted by atomic mass is 15.0. The summed E-state index contributed by atoms with van der Waals surface area (Å²) in [5.41, 5.74) is 2.66. The van der Waals surface area contributed by atoms with Crippen molar-refractivity contribution < 1.29 is 0 Å². The summed E-state index contributed by atoms with van der Waals surface area (Å²) in [6, 6.07) is 23.1. The van der Waals surface area contributed by atoms with Crippen LogP contribution in [0.5, 0.6) is 0 Å². The molecule has 1 heterocycles. The molecule has 5 heteroatoms. The fourth-order valence-electron chi connectivity index (χ4n) is 2.25. The number of hydrogen-bond acceptors (Lipinski definition) is 5. The van der Waals surface area contributed by atoms with E-state index in [0.29, 0.717) is 22.6 Å². The number of nitrogens with one attached hydrogen (secondary N) is 2. The van der Waals surface area contributed by atoms with Gasteiger partial charge in [0, 0.05) is 17.6 Å². The standard InChI is InChI=1S/C19H13N5/c20-11-14-13-22-19(24-16-9-5-2-6-10-16)17(12-21)18(14)23-15-7-3-1-4-8-15/h1-10,13H,(H2,22,23,24). The number of nitriles is 2. The molecule has 0 radical (unpaired) electrons. The number of benzene rings is 2. The zero-order chi connectivity index (χ0) is 16.8. The fraction of sp³-hybridized carbons (Fsp3) is 0. The van der Waals surface area contributed by atoms with Crippen molar-refractivity contribution in [3.63, 3.8) is 0 Å². The number of anilines is 4. The van der Waals surface area contributed by atoms with Crippen molar-refractivity contribution in [1.29, 1.82) is 10.5 Å². The molecule has 24 heavy (non-hydrogen) atoms. The molecule has 0 bridgehead atoms. The number of hydrogen-bond donors (Lipinski definition) is 2. The first kappa shape index (κ1) is 15.1. The molecule has 3 aromatic rings. The Morgan fingerprint density at radius 1 is 0.750 bits per heavy atom. The molecule has 0 spiro atoms. The van der Waals surface area contributed by atoms with Crippen molar-refractivity contribution in [3.8, 4) is 12.1 Å². The van der Waals surface area contributed by atoms with E-state index in [1.165, 1.54) is 6.20 Å². The molecule has 0 aliphatic rings. The van der Waals surface area contributed by atoms with Crippen LogP contribution in [0.25, 0.3) is 0 Å². The van der Waals surface area contributed by atoms with Crippen molar-refractivity contribution in [3.05, 3.63) is 78.0 Å². The number of rotatable bonds is 4. The summed E-state index contributed by atoms with van der Waals surface area (Å²) >= 11 is 0. The van der Waals surface area contributed by atoms with Crippen LogP contribution >= 0.6 is 0 Å². The molecule has 0 saturated heterocycles. The van der Waals surface area contributed by atoms with Gasteiger partial charge in [0.05, 0.1) is 11.3 Å². The molecule has 0 amide bonds. The maximum atomic E-state index is 9.60. The number of para-hydroxylation sites is 2. The van der Waals surface area contributed by atoms with Crippen LogP contribution < -0.4 is 10.6 Å². The summed E-state index contributed by atoms with van der Waals surface area (Å²) in [6.07, 6.45) is 1.46. The quantitative estimate of drug-likeness (QED) is 0.750. The van der Waals surface area contributed by atoms with E-state index in [2.05, 4.69) is 27.8 Å². The van der Waals surface area contributed by atoms with Crippen LogP contribution in [0.15, 0.2) is 66.9 Å². The van der Waals surface area contributed by atoms with Crippen molar-refractivity contribution in [2.75, 3.05) is 10.6 Å².